The third-order valence-electron chi connectivity index (χ3n) is 6.17. The monoisotopic (exact) mass is 508 g/mol. The molecule has 0 aromatic heterocycles. The molecular weight excluding hydrogens is 480 g/mol. The molecule has 0 aliphatic heterocycles. The van der Waals surface area contributed by atoms with Gasteiger partial charge in [-0.3, -0.25) is 9.10 Å². The van der Waals surface area contributed by atoms with E-state index in [0.717, 1.165) is 24.0 Å². The Morgan fingerprint density at radius 2 is 1.74 bits per heavy atom. The number of nitrogens with zero attached hydrogens (tertiary/aromatic N) is 1. The van der Waals surface area contributed by atoms with Crippen LogP contribution in [-0.4, -0.2) is 20.9 Å². The molecule has 0 heterocycles. The van der Waals surface area contributed by atoms with Crippen molar-refractivity contribution in [2.24, 2.45) is 0 Å². The average Bonchev–Trinajstić information content (AvgIpc) is 2.89. The van der Waals surface area contributed by atoms with Gasteiger partial charge in [0.2, 0.25) is 0 Å². The third-order valence-corrected chi connectivity index (χ3v) is 8.18. The predicted octanol–water partition coefficient (Wildman–Crippen LogP) is 6.27. The van der Waals surface area contributed by atoms with Gasteiger partial charge >= 0.3 is 0 Å². The lowest BCUT2D eigenvalue weighted by molar-refractivity contribution is 0.0956. The molecule has 0 saturated heterocycles. The standard InChI is InChI=1S/C28H29ClN2O3S/c1-21-12-17-25(29)18-27(21)31(35(33,34)26-10-6-3-7-11-26)20-23-13-15-24(16-14-23)28(32)30-19-22-8-4-2-5-9-22/h3,6-8,10-18H,2,4-5,9,19-20H2,1H3,(H,30,32). The van der Waals surface area contributed by atoms with Crippen LogP contribution in [0.25, 0.3) is 0 Å². The first-order valence-electron chi connectivity index (χ1n) is 11.7. The van der Waals surface area contributed by atoms with Gasteiger partial charge in [0.1, 0.15) is 0 Å². The number of halogens is 1. The number of carbonyl (C=O) groups excluding carboxylic acids is 1. The zero-order valence-electron chi connectivity index (χ0n) is 19.7. The lowest BCUT2D eigenvalue weighted by Crippen LogP contribution is -2.31. The van der Waals surface area contributed by atoms with Crippen molar-refractivity contribution in [3.8, 4) is 0 Å². The van der Waals surface area contributed by atoms with E-state index in [2.05, 4.69) is 11.4 Å². The van der Waals surface area contributed by atoms with Gasteiger partial charge in [-0.05, 0) is 80.1 Å². The Labute approximate surface area is 212 Å². The van der Waals surface area contributed by atoms with Crippen LogP contribution < -0.4 is 9.62 Å². The van der Waals surface area contributed by atoms with E-state index in [9.17, 15) is 13.2 Å². The van der Waals surface area contributed by atoms with Crippen molar-refractivity contribution in [1.29, 1.82) is 0 Å². The number of amides is 1. The summed E-state index contributed by atoms with van der Waals surface area (Å²) < 4.78 is 28.6. The maximum Gasteiger partial charge on any atom is 0.264 e. The van der Waals surface area contributed by atoms with Crippen LogP contribution in [0.3, 0.4) is 0 Å². The van der Waals surface area contributed by atoms with Gasteiger partial charge in [-0.25, -0.2) is 8.42 Å². The fourth-order valence-corrected chi connectivity index (χ4v) is 5.86. The summed E-state index contributed by atoms with van der Waals surface area (Å²) in [5, 5.41) is 3.44. The van der Waals surface area contributed by atoms with E-state index in [1.54, 1.807) is 72.8 Å². The number of sulfonamides is 1. The Kier molecular flexibility index (Phi) is 7.93. The van der Waals surface area contributed by atoms with E-state index < -0.39 is 10.0 Å². The van der Waals surface area contributed by atoms with Gasteiger partial charge < -0.3 is 5.32 Å². The number of benzene rings is 3. The van der Waals surface area contributed by atoms with Crippen LogP contribution in [0.4, 0.5) is 5.69 Å². The lowest BCUT2D eigenvalue weighted by atomic mass is 9.99. The first-order chi connectivity index (χ1) is 16.8. The summed E-state index contributed by atoms with van der Waals surface area (Å²) in [5.41, 5.74) is 3.89. The van der Waals surface area contributed by atoms with Crippen molar-refractivity contribution in [3.63, 3.8) is 0 Å². The molecule has 0 unspecified atom stereocenters. The first-order valence-corrected chi connectivity index (χ1v) is 13.6. The molecule has 0 spiro atoms. The number of hydrogen-bond donors (Lipinski definition) is 1. The molecule has 1 aliphatic rings. The minimum Gasteiger partial charge on any atom is -0.348 e. The molecule has 3 aromatic rings. The molecule has 0 fully saturated rings. The number of aryl methyl sites for hydroxylation is 1. The number of rotatable bonds is 8. The smallest absolute Gasteiger partial charge is 0.264 e. The summed E-state index contributed by atoms with van der Waals surface area (Å²) in [6.45, 7) is 2.53. The molecule has 4 rings (SSSR count). The lowest BCUT2D eigenvalue weighted by Gasteiger charge is -2.26. The maximum atomic E-state index is 13.6. The van der Waals surface area contributed by atoms with Crippen LogP contribution in [-0.2, 0) is 16.6 Å². The molecule has 0 atom stereocenters. The molecule has 5 nitrogen and oxygen atoms in total. The van der Waals surface area contributed by atoms with Crippen LogP contribution in [0.5, 0.6) is 0 Å². The van der Waals surface area contributed by atoms with E-state index in [1.165, 1.54) is 22.7 Å². The Morgan fingerprint density at radius 3 is 2.43 bits per heavy atom. The van der Waals surface area contributed by atoms with Crippen molar-refractivity contribution in [1.82, 2.24) is 5.32 Å². The minimum atomic E-state index is -3.85. The second-order valence-electron chi connectivity index (χ2n) is 8.74. The largest absolute Gasteiger partial charge is 0.348 e. The van der Waals surface area contributed by atoms with E-state index in [4.69, 9.17) is 11.6 Å². The highest BCUT2D eigenvalue weighted by Crippen LogP contribution is 2.31. The number of carbonyl (C=O) groups is 1. The molecule has 0 radical (unpaired) electrons. The topological polar surface area (TPSA) is 66.5 Å². The molecule has 1 amide bonds. The Balaban J connectivity index is 1.57. The third kappa shape index (κ3) is 6.13. The average molecular weight is 509 g/mol. The van der Waals surface area contributed by atoms with Gasteiger partial charge in [-0.15, -0.1) is 0 Å². The molecule has 3 aromatic carbocycles. The molecule has 7 heteroatoms. The van der Waals surface area contributed by atoms with Gasteiger partial charge in [0.05, 0.1) is 17.1 Å². The van der Waals surface area contributed by atoms with Crippen LogP contribution in [0.15, 0.2) is 89.3 Å². The van der Waals surface area contributed by atoms with Crippen molar-refractivity contribution >= 4 is 33.2 Å². The van der Waals surface area contributed by atoms with Crippen LogP contribution in [0, 0.1) is 6.92 Å². The molecule has 0 bridgehead atoms. The van der Waals surface area contributed by atoms with Crippen LogP contribution in [0.1, 0.15) is 47.2 Å². The molecule has 0 saturated carbocycles. The number of hydrogen-bond acceptors (Lipinski definition) is 3. The fourth-order valence-electron chi connectivity index (χ4n) is 4.16. The molecule has 1 aliphatic carbocycles. The van der Waals surface area contributed by atoms with Gasteiger partial charge in [0.25, 0.3) is 15.9 Å². The van der Waals surface area contributed by atoms with E-state index in [1.807, 2.05) is 6.92 Å². The van der Waals surface area contributed by atoms with E-state index in [-0.39, 0.29) is 17.3 Å². The summed E-state index contributed by atoms with van der Waals surface area (Å²) in [7, 11) is -3.85. The maximum absolute atomic E-state index is 13.6. The van der Waals surface area contributed by atoms with E-state index >= 15 is 0 Å². The molecule has 1 N–H and O–H groups in total. The Hall–Kier alpha value is -3.09. The minimum absolute atomic E-state index is 0.104. The summed E-state index contributed by atoms with van der Waals surface area (Å²) in [5.74, 6) is -0.137. The van der Waals surface area contributed by atoms with Gasteiger partial charge in [-0.1, -0.05) is 59.6 Å². The van der Waals surface area contributed by atoms with Crippen molar-refractivity contribution in [3.05, 3.63) is 106 Å². The summed E-state index contributed by atoms with van der Waals surface area (Å²) in [4.78, 5) is 12.8. The normalized spacial score (nSPS) is 13.7. The second-order valence-corrected chi connectivity index (χ2v) is 11.0. The SMILES string of the molecule is Cc1ccc(Cl)cc1N(Cc1ccc(C(=O)NCC2=CCCCC2)cc1)S(=O)(=O)c1ccccc1. The predicted molar refractivity (Wildman–Crippen MR) is 141 cm³/mol. The number of anilines is 1. The fraction of sp³-hybridized carbons (Fsp3) is 0.250. The van der Waals surface area contributed by atoms with Crippen LogP contribution in [0.2, 0.25) is 5.02 Å². The van der Waals surface area contributed by atoms with Crippen molar-refractivity contribution < 1.29 is 13.2 Å². The van der Waals surface area contributed by atoms with Crippen molar-refractivity contribution in [2.75, 3.05) is 10.8 Å². The van der Waals surface area contributed by atoms with Gasteiger partial charge in [0, 0.05) is 17.1 Å². The summed E-state index contributed by atoms with van der Waals surface area (Å²) in [6, 6.07) is 20.6. The Bertz CT molecular complexity index is 1320. The number of allylic oxidation sites excluding steroid dienone is 1. The van der Waals surface area contributed by atoms with E-state index in [0.29, 0.717) is 22.8 Å². The number of nitrogens with one attached hydrogen (secondary N) is 1. The van der Waals surface area contributed by atoms with Gasteiger partial charge in [0.15, 0.2) is 0 Å². The summed E-state index contributed by atoms with van der Waals surface area (Å²) >= 11 is 6.23. The Morgan fingerprint density at radius 1 is 1.00 bits per heavy atom. The second kappa shape index (κ2) is 11.1. The molecular formula is C28H29ClN2O3S. The first kappa shape index (κ1) is 25.0. The zero-order valence-corrected chi connectivity index (χ0v) is 21.3. The highest BCUT2D eigenvalue weighted by molar-refractivity contribution is 7.92. The highest BCUT2D eigenvalue weighted by atomic mass is 35.5. The highest BCUT2D eigenvalue weighted by Gasteiger charge is 2.26. The zero-order chi connectivity index (χ0) is 24.8. The van der Waals surface area contributed by atoms with Gasteiger partial charge in [-0.2, -0.15) is 0 Å². The molecule has 35 heavy (non-hydrogen) atoms. The summed E-state index contributed by atoms with van der Waals surface area (Å²) in [6.07, 6.45) is 6.71. The van der Waals surface area contributed by atoms with Crippen LogP contribution >= 0.6 is 11.6 Å². The quantitative estimate of drug-likeness (QED) is 0.364. The van der Waals surface area contributed by atoms with Crippen molar-refractivity contribution in [2.45, 2.75) is 44.0 Å². The molecule has 182 valence electrons.